The summed E-state index contributed by atoms with van der Waals surface area (Å²) in [6.07, 6.45) is 0.527. The Labute approximate surface area is 173 Å². The van der Waals surface area contributed by atoms with Gasteiger partial charge < -0.3 is 14.4 Å². The van der Waals surface area contributed by atoms with Crippen molar-refractivity contribution in [2.45, 2.75) is 45.4 Å². The quantitative estimate of drug-likeness (QED) is 0.585. The predicted molar refractivity (Wildman–Crippen MR) is 103 cm³/mol. The van der Waals surface area contributed by atoms with Crippen LogP contribution in [0.15, 0.2) is 18.2 Å². The Morgan fingerprint density at radius 3 is 2.79 bits per heavy atom. The molecule has 1 N–H and O–H groups in total. The van der Waals surface area contributed by atoms with E-state index >= 15 is 0 Å². The number of halogens is 4. The second-order valence-corrected chi connectivity index (χ2v) is 7.40. The fraction of sp³-hybridized carbons (Fsp3) is 0.444. The van der Waals surface area contributed by atoms with Crippen LogP contribution in [0.3, 0.4) is 0 Å². The number of benzene rings is 1. The van der Waals surface area contributed by atoms with Gasteiger partial charge in [-0.15, -0.1) is 0 Å². The largest absolute Gasteiger partial charge is 0.465 e. The molecule has 0 saturated carbocycles. The molecule has 0 fully saturated rings. The van der Waals surface area contributed by atoms with E-state index in [9.17, 15) is 23.1 Å². The van der Waals surface area contributed by atoms with Crippen LogP contribution in [0.25, 0.3) is 0 Å². The van der Waals surface area contributed by atoms with Crippen LogP contribution in [0.1, 0.15) is 36.5 Å². The number of fused-ring (bicyclic) bond motifs is 1. The molecule has 1 aromatic carbocycles. The van der Waals surface area contributed by atoms with Crippen molar-refractivity contribution in [3.8, 4) is 5.75 Å². The number of rotatable bonds is 6. The zero-order valence-electron chi connectivity index (χ0n) is 15.0. The number of alkyl halides is 2. The molecule has 6 nitrogen and oxygen atoms in total. The molecule has 152 valence electrons. The summed E-state index contributed by atoms with van der Waals surface area (Å²) < 4.78 is 45.4. The highest BCUT2D eigenvalue weighted by atomic mass is 127. The summed E-state index contributed by atoms with van der Waals surface area (Å²) in [6, 6.07) is 3.40. The van der Waals surface area contributed by atoms with Gasteiger partial charge in [0.25, 0.3) is 0 Å². The standard InChI is InChI=1S/C18H19F3IN3O3/c1-2-14-23-16(22)15-12(24(18(26)27)7-8-25(14)15)5-3-10-4-6-13(11(19)9-10)28-17(20)21/h4,6,9,12,17H,2-3,5,7-8H2,1H3,(H,26,27). The van der Waals surface area contributed by atoms with Gasteiger partial charge in [0, 0.05) is 19.5 Å². The lowest BCUT2D eigenvalue weighted by atomic mass is 10.00. The third-order valence-corrected chi connectivity index (χ3v) is 5.57. The Kier molecular flexibility index (Phi) is 6.36. The Balaban J connectivity index is 1.83. The summed E-state index contributed by atoms with van der Waals surface area (Å²) in [4.78, 5) is 17.6. The number of hydrogen-bond acceptors (Lipinski definition) is 3. The van der Waals surface area contributed by atoms with Gasteiger partial charge in [-0.25, -0.2) is 14.2 Å². The fourth-order valence-electron chi connectivity index (χ4n) is 3.55. The van der Waals surface area contributed by atoms with Gasteiger partial charge in [0.1, 0.15) is 9.53 Å². The third-order valence-electron chi connectivity index (χ3n) is 4.78. The molecule has 1 unspecified atom stereocenters. The van der Waals surface area contributed by atoms with Gasteiger partial charge in [-0.3, -0.25) is 4.90 Å². The van der Waals surface area contributed by atoms with Crippen LogP contribution in [-0.4, -0.2) is 38.8 Å². The van der Waals surface area contributed by atoms with E-state index in [0.717, 1.165) is 33.8 Å². The van der Waals surface area contributed by atoms with Crippen LogP contribution in [0, 0.1) is 9.52 Å². The normalized spacial score (nSPS) is 16.4. The van der Waals surface area contributed by atoms with Crippen molar-refractivity contribution < 1.29 is 27.8 Å². The first-order chi connectivity index (χ1) is 13.3. The van der Waals surface area contributed by atoms with Crippen LogP contribution in [-0.2, 0) is 19.4 Å². The second kappa shape index (κ2) is 8.58. The maximum absolute atomic E-state index is 14.0. The van der Waals surface area contributed by atoms with E-state index < -0.39 is 30.3 Å². The van der Waals surface area contributed by atoms with E-state index in [4.69, 9.17) is 0 Å². The number of carbonyl (C=O) groups is 1. The van der Waals surface area contributed by atoms with E-state index in [2.05, 4.69) is 36.9 Å². The molecule has 3 rings (SSSR count). The van der Waals surface area contributed by atoms with Crippen LogP contribution >= 0.6 is 22.6 Å². The van der Waals surface area contributed by atoms with Crippen LogP contribution in [0.2, 0.25) is 0 Å². The number of aryl methyl sites for hydroxylation is 2. The minimum atomic E-state index is -3.10. The number of ether oxygens (including phenoxy) is 1. The Morgan fingerprint density at radius 2 is 2.18 bits per heavy atom. The van der Waals surface area contributed by atoms with E-state index in [0.29, 0.717) is 31.5 Å². The summed E-state index contributed by atoms with van der Waals surface area (Å²) in [5, 5.41) is 9.60. The maximum atomic E-state index is 14.0. The molecule has 1 amide bonds. The smallest absolute Gasteiger partial charge is 0.407 e. The molecule has 0 radical (unpaired) electrons. The van der Waals surface area contributed by atoms with Crippen molar-refractivity contribution in [2.75, 3.05) is 6.54 Å². The van der Waals surface area contributed by atoms with Gasteiger partial charge in [0.2, 0.25) is 0 Å². The molecule has 0 spiro atoms. The number of nitrogens with zero attached hydrogens (tertiary/aromatic N) is 3. The van der Waals surface area contributed by atoms with Crippen LogP contribution in [0.5, 0.6) is 5.75 Å². The molecule has 1 atom stereocenters. The SMILES string of the molecule is CCc1nc(I)c2n1CCN(C(=O)O)C2CCc1ccc(OC(F)F)c(F)c1. The number of carboxylic acid groups (broad SMARTS) is 1. The lowest BCUT2D eigenvalue weighted by molar-refractivity contribution is -0.0522. The topological polar surface area (TPSA) is 67.6 Å². The average Bonchev–Trinajstić information content (AvgIpc) is 2.97. The Hall–Kier alpha value is -1.98. The lowest BCUT2D eigenvalue weighted by Gasteiger charge is -2.35. The van der Waals surface area contributed by atoms with Crippen molar-refractivity contribution in [3.05, 3.63) is 44.8 Å². The molecule has 28 heavy (non-hydrogen) atoms. The summed E-state index contributed by atoms with van der Waals surface area (Å²) in [5.74, 6) is -0.470. The molecule has 1 aliphatic rings. The van der Waals surface area contributed by atoms with E-state index in [1.807, 2.05) is 6.92 Å². The molecule has 2 heterocycles. The van der Waals surface area contributed by atoms with Gasteiger partial charge in [0.15, 0.2) is 11.6 Å². The maximum Gasteiger partial charge on any atom is 0.407 e. The average molecular weight is 509 g/mol. The summed E-state index contributed by atoms with van der Waals surface area (Å²) in [6.45, 7) is -0.203. The predicted octanol–water partition coefficient (Wildman–Crippen LogP) is 4.46. The molecular weight excluding hydrogens is 490 g/mol. The molecule has 1 aliphatic heterocycles. The summed E-state index contributed by atoms with van der Waals surface area (Å²) >= 11 is 2.11. The van der Waals surface area contributed by atoms with E-state index in [-0.39, 0.29) is 0 Å². The zero-order valence-corrected chi connectivity index (χ0v) is 17.2. The van der Waals surface area contributed by atoms with E-state index in [1.165, 1.54) is 11.0 Å². The zero-order chi connectivity index (χ0) is 20.4. The van der Waals surface area contributed by atoms with Crippen LogP contribution in [0.4, 0.5) is 18.0 Å². The minimum absolute atomic E-state index is 0.349. The van der Waals surface area contributed by atoms with Gasteiger partial charge in [-0.1, -0.05) is 13.0 Å². The van der Waals surface area contributed by atoms with Crippen molar-refractivity contribution in [1.29, 1.82) is 0 Å². The Bertz CT molecular complexity index is 875. The number of imidazole rings is 1. The first-order valence-electron chi connectivity index (χ1n) is 8.79. The summed E-state index contributed by atoms with van der Waals surface area (Å²) in [5.41, 5.74) is 1.43. The molecule has 10 heteroatoms. The van der Waals surface area contributed by atoms with Gasteiger partial charge in [0.05, 0.1) is 11.7 Å². The Morgan fingerprint density at radius 1 is 1.43 bits per heavy atom. The molecule has 0 aliphatic carbocycles. The summed E-state index contributed by atoms with van der Waals surface area (Å²) in [7, 11) is 0. The second-order valence-electron chi connectivity index (χ2n) is 6.38. The van der Waals surface area contributed by atoms with Gasteiger partial charge in [-0.2, -0.15) is 8.78 Å². The number of aromatic nitrogens is 2. The van der Waals surface area contributed by atoms with Crippen molar-refractivity contribution in [2.24, 2.45) is 0 Å². The highest BCUT2D eigenvalue weighted by molar-refractivity contribution is 14.1. The number of hydrogen-bond donors (Lipinski definition) is 1. The first kappa shape index (κ1) is 20.7. The molecule has 2 aromatic rings. The minimum Gasteiger partial charge on any atom is -0.465 e. The van der Waals surface area contributed by atoms with Gasteiger partial charge in [-0.05, 0) is 53.1 Å². The number of amides is 1. The highest BCUT2D eigenvalue weighted by Gasteiger charge is 2.34. The molecule has 0 bridgehead atoms. The molecule has 0 saturated heterocycles. The monoisotopic (exact) mass is 509 g/mol. The van der Waals surface area contributed by atoms with Crippen molar-refractivity contribution >= 4 is 28.7 Å². The van der Waals surface area contributed by atoms with Crippen molar-refractivity contribution in [1.82, 2.24) is 14.5 Å². The van der Waals surface area contributed by atoms with E-state index in [1.54, 1.807) is 0 Å². The van der Waals surface area contributed by atoms with Crippen LogP contribution < -0.4 is 4.74 Å². The highest BCUT2D eigenvalue weighted by Crippen LogP contribution is 2.34. The van der Waals surface area contributed by atoms with Crippen molar-refractivity contribution in [3.63, 3.8) is 0 Å². The lowest BCUT2D eigenvalue weighted by Crippen LogP contribution is -2.42. The fourth-order valence-corrected chi connectivity index (χ4v) is 4.47. The molecular formula is C18H19F3IN3O3. The third kappa shape index (κ3) is 4.20. The first-order valence-corrected chi connectivity index (χ1v) is 9.87. The molecule has 1 aromatic heterocycles. The van der Waals surface area contributed by atoms with Gasteiger partial charge >= 0.3 is 12.7 Å².